The highest BCUT2D eigenvalue weighted by atomic mass is 79.9. The summed E-state index contributed by atoms with van der Waals surface area (Å²) in [6, 6.07) is 7.43. The van der Waals surface area contributed by atoms with Crippen molar-refractivity contribution < 1.29 is 4.79 Å². The van der Waals surface area contributed by atoms with Crippen LogP contribution in [0.2, 0.25) is 0 Å². The average Bonchev–Trinajstić information content (AvgIpc) is 3.16. The van der Waals surface area contributed by atoms with Crippen molar-refractivity contribution in [2.75, 3.05) is 0 Å². The molecule has 22 heavy (non-hydrogen) atoms. The highest BCUT2D eigenvalue weighted by Crippen LogP contribution is 2.20. The van der Waals surface area contributed by atoms with E-state index in [0.29, 0.717) is 12.1 Å². The van der Waals surface area contributed by atoms with Gasteiger partial charge in [-0.05, 0) is 63.1 Å². The van der Waals surface area contributed by atoms with Gasteiger partial charge >= 0.3 is 0 Å². The van der Waals surface area contributed by atoms with E-state index in [4.69, 9.17) is 0 Å². The molecule has 1 amide bonds. The summed E-state index contributed by atoms with van der Waals surface area (Å²) in [4.78, 5) is 13.3. The van der Waals surface area contributed by atoms with Gasteiger partial charge in [-0.2, -0.15) is 0 Å². The van der Waals surface area contributed by atoms with Gasteiger partial charge in [0.1, 0.15) is 6.33 Å². The first kappa shape index (κ1) is 14.9. The molecule has 0 fully saturated rings. The lowest BCUT2D eigenvalue weighted by atomic mass is 10.1. The summed E-state index contributed by atoms with van der Waals surface area (Å²) < 4.78 is 2.60. The van der Waals surface area contributed by atoms with Gasteiger partial charge in [-0.15, -0.1) is 16.4 Å². The maximum absolute atomic E-state index is 12.2. The summed E-state index contributed by atoms with van der Waals surface area (Å²) in [7, 11) is 0. The molecule has 0 radical (unpaired) electrons. The van der Waals surface area contributed by atoms with Crippen molar-refractivity contribution in [1.29, 1.82) is 0 Å². The maximum atomic E-state index is 12.2. The van der Waals surface area contributed by atoms with Crippen molar-refractivity contribution in [3.63, 3.8) is 0 Å². The van der Waals surface area contributed by atoms with Gasteiger partial charge in [-0.25, -0.2) is 4.68 Å². The number of tetrazole rings is 1. The van der Waals surface area contributed by atoms with Crippen LogP contribution in [0.5, 0.6) is 0 Å². The van der Waals surface area contributed by atoms with Gasteiger partial charge in [0.25, 0.3) is 5.91 Å². The Morgan fingerprint density at radius 2 is 2.27 bits per heavy atom. The quantitative estimate of drug-likeness (QED) is 0.758. The number of hydrogen-bond acceptors (Lipinski definition) is 5. The fourth-order valence-electron chi connectivity index (χ4n) is 2.04. The molecule has 0 saturated carbocycles. The Morgan fingerprint density at radius 3 is 2.91 bits per heavy atom. The van der Waals surface area contributed by atoms with E-state index < -0.39 is 0 Å². The summed E-state index contributed by atoms with van der Waals surface area (Å²) in [6.07, 6.45) is 1.52. The van der Waals surface area contributed by atoms with E-state index in [2.05, 4.69) is 36.8 Å². The fourth-order valence-corrected chi connectivity index (χ4v) is 3.43. The number of thiophene rings is 1. The molecule has 112 valence electrons. The molecule has 2 heterocycles. The first-order valence-electron chi connectivity index (χ1n) is 6.48. The van der Waals surface area contributed by atoms with Crippen LogP contribution in [0.25, 0.3) is 5.69 Å². The minimum absolute atomic E-state index is 0.101. The maximum Gasteiger partial charge on any atom is 0.251 e. The van der Waals surface area contributed by atoms with Crippen molar-refractivity contribution in [3.8, 4) is 5.69 Å². The third kappa shape index (κ3) is 3.23. The third-order valence-electron chi connectivity index (χ3n) is 3.10. The Morgan fingerprint density at radius 1 is 1.41 bits per heavy atom. The fraction of sp³-hybridized carbons (Fsp3) is 0.143. The Hall–Kier alpha value is -2.06. The molecule has 6 nitrogen and oxygen atoms in total. The smallest absolute Gasteiger partial charge is 0.251 e. The summed E-state index contributed by atoms with van der Waals surface area (Å²) >= 11 is 5.00. The molecule has 0 spiro atoms. The molecule has 3 aromatic rings. The first-order valence-corrected chi connectivity index (χ1v) is 8.16. The molecule has 1 N–H and O–H groups in total. The molecule has 0 aliphatic rings. The van der Waals surface area contributed by atoms with E-state index in [9.17, 15) is 4.79 Å². The van der Waals surface area contributed by atoms with E-state index >= 15 is 0 Å². The molecule has 0 bridgehead atoms. The third-order valence-corrected chi connectivity index (χ3v) is 4.80. The molecule has 0 atom stereocenters. The summed E-state index contributed by atoms with van der Waals surface area (Å²) in [5.74, 6) is -0.101. The molecule has 0 saturated heterocycles. The summed E-state index contributed by atoms with van der Waals surface area (Å²) in [6.45, 7) is 2.44. The molecular weight excluding hydrogens is 366 g/mol. The zero-order valence-corrected chi connectivity index (χ0v) is 14.1. The van der Waals surface area contributed by atoms with Gasteiger partial charge in [0.2, 0.25) is 0 Å². The van der Waals surface area contributed by atoms with Crippen molar-refractivity contribution in [1.82, 2.24) is 25.5 Å². The lowest BCUT2D eigenvalue weighted by molar-refractivity contribution is 0.0951. The van der Waals surface area contributed by atoms with Crippen molar-refractivity contribution in [2.24, 2.45) is 0 Å². The minimum atomic E-state index is -0.101. The number of carbonyl (C=O) groups excluding carboxylic acids is 1. The molecular formula is C14H12BrN5OS. The van der Waals surface area contributed by atoms with Crippen LogP contribution in [-0.4, -0.2) is 26.1 Å². The highest BCUT2D eigenvalue weighted by molar-refractivity contribution is 9.10. The number of nitrogens with zero attached hydrogens (tertiary/aromatic N) is 4. The Balaban J connectivity index is 1.72. The van der Waals surface area contributed by atoms with Crippen LogP contribution in [-0.2, 0) is 6.54 Å². The van der Waals surface area contributed by atoms with E-state index in [1.807, 2.05) is 30.5 Å². The number of rotatable bonds is 4. The predicted molar refractivity (Wildman–Crippen MR) is 87.1 cm³/mol. The molecule has 0 aliphatic heterocycles. The number of aryl methyl sites for hydroxylation is 1. The normalized spacial score (nSPS) is 10.6. The molecule has 0 aliphatic carbocycles. The lowest BCUT2D eigenvalue weighted by Gasteiger charge is -2.08. The van der Waals surface area contributed by atoms with Gasteiger partial charge < -0.3 is 5.32 Å². The summed E-state index contributed by atoms with van der Waals surface area (Å²) in [5, 5.41) is 16.0. The topological polar surface area (TPSA) is 72.7 Å². The number of aromatic nitrogens is 4. The zero-order valence-electron chi connectivity index (χ0n) is 11.7. The SMILES string of the molecule is Cc1cc(C(=O)NCc2cc(Br)cs2)ccc1-n1cnnn1. The highest BCUT2D eigenvalue weighted by Gasteiger charge is 2.09. The number of hydrogen-bond donors (Lipinski definition) is 1. The summed E-state index contributed by atoms with van der Waals surface area (Å²) in [5.41, 5.74) is 2.40. The second-order valence-corrected chi connectivity index (χ2v) is 6.58. The number of benzene rings is 1. The van der Waals surface area contributed by atoms with Crippen molar-refractivity contribution in [3.05, 3.63) is 56.4 Å². The van der Waals surface area contributed by atoms with Gasteiger partial charge in [0.05, 0.1) is 12.2 Å². The second kappa shape index (κ2) is 6.37. The standard InChI is InChI=1S/C14H12BrN5OS/c1-9-4-10(2-3-13(9)20-8-17-18-19-20)14(21)16-6-12-5-11(15)7-22-12/h2-5,7-8H,6H2,1H3,(H,16,21). The van der Waals surface area contributed by atoms with Crippen LogP contribution in [0.15, 0.2) is 40.4 Å². The lowest BCUT2D eigenvalue weighted by Crippen LogP contribution is -2.22. The number of carbonyl (C=O) groups is 1. The number of halogens is 1. The Kier molecular flexibility index (Phi) is 4.30. The monoisotopic (exact) mass is 377 g/mol. The van der Waals surface area contributed by atoms with Crippen LogP contribution in [0.4, 0.5) is 0 Å². The first-order chi connectivity index (χ1) is 10.6. The van der Waals surface area contributed by atoms with Gasteiger partial charge in [-0.1, -0.05) is 0 Å². The number of nitrogens with one attached hydrogen (secondary N) is 1. The second-order valence-electron chi connectivity index (χ2n) is 4.67. The molecule has 8 heteroatoms. The molecule has 1 aromatic carbocycles. The van der Waals surface area contributed by atoms with Crippen LogP contribution in [0.1, 0.15) is 20.8 Å². The van der Waals surface area contributed by atoms with E-state index in [0.717, 1.165) is 20.6 Å². The minimum Gasteiger partial charge on any atom is -0.347 e. The van der Waals surface area contributed by atoms with E-state index in [-0.39, 0.29) is 5.91 Å². The van der Waals surface area contributed by atoms with Crippen LogP contribution < -0.4 is 5.32 Å². The Labute approximate surface area is 139 Å². The van der Waals surface area contributed by atoms with Gasteiger partial charge in [-0.3, -0.25) is 4.79 Å². The predicted octanol–water partition coefficient (Wildman–Crippen LogP) is 2.72. The number of amides is 1. The molecule has 0 unspecified atom stereocenters. The van der Waals surface area contributed by atoms with Gasteiger partial charge in [0.15, 0.2) is 0 Å². The van der Waals surface area contributed by atoms with Crippen LogP contribution in [0, 0.1) is 6.92 Å². The van der Waals surface area contributed by atoms with Crippen molar-refractivity contribution in [2.45, 2.75) is 13.5 Å². The van der Waals surface area contributed by atoms with Crippen LogP contribution in [0.3, 0.4) is 0 Å². The molecule has 3 rings (SSSR count). The Bertz CT molecular complexity index is 799. The van der Waals surface area contributed by atoms with E-state index in [1.54, 1.807) is 22.1 Å². The van der Waals surface area contributed by atoms with Crippen molar-refractivity contribution >= 4 is 33.2 Å². The molecule has 2 aromatic heterocycles. The van der Waals surface area contributed by atoms with Gasteiger partial charge in [0, 0.05) is 20.3 Å². The largest absolute Gasteiger partial charge is 0.347 e. The van der Waals surface area contributed by atoms with Crippen LogP contribution >= 0.6 is 27.3 Å². The average molecular weight is 378 g/mol. The van der Waals surface area contributed by atoms with E-state index in [1.165, 1.54) is 6.33 Å². The zero-order chi connectivity index (χ0) is 15.5.